The van der Waals surface area contributed by atoms with E-state index in [4.69, 9.17) is 5.73 Å². The molecule has 0 spiro atoms. The molecule has 1 nitrogen and oxygen atoms in total. The summed E-state index contributed by atoms with van der Waals surface area (Å²) in [6.45, 7) is 1.63. The van der Waals surface area contributed by atoms with Crippen molar-refractivity contribution in [2.45, 2.75) is 31.7 Å². The summed E-state index contributed by atoms with van der Waals surface area (Å²) in [5.74, 6) is -1.08. The highest BCUT2D eigenvalue weighted by atomic mass is 19.1. The van der Waals surface area contributed by atoms with Crippen LogP contribution in [0.1, 0.15) is 40.6 Å². The van der Waals surface area contributed by atoms with Crippen molar-refractivity contribution in [2.24, 2.45) is 5.73 Å². The molecule has 1 aliphatic rings. The zero-order valence-corrected chi connectivity index (χ0v) is 11.4. The summed E-state index contributed by atoms with van der Waals surface area (Å²) in [5, 5.41) is 0. The summed E-state index contributed by atoms with van der Waals surface area (Å²) in [6, 6.07) is 10.1. The second-order valence-electron chi connectivity index (χ2n) is 5.46. The Morgan fingerprint density at radius 2 is 1.90 bits per heavy atom. The highest BCUT2D eigenvalue weighted by Gasteiger charge is 2.31. The molecule has 0 aliphatic heterocycles. The van der Waals surface area contributed by atoms with Crippen molar-refractivity contribution in [2.75, 3.05) is 0 Å². The van der Waals surface area contributed by atoms with Gasteiger partial charge in [-0.2, -0.15) is 0 Å². The number of fused-ring (bicyclic) bond motifs is 1. The summed E-state index contributed by atoms with van der Waals surface area (Å²) < 4.78 is 28.2. The van der Waals surface area contributed by atoms with E-state index >= 15 is 0 Å². The van der Waals surface area contributed by atoms with E-state index in [1.165, 1.54) is 17.7 Å². The fraction of sp³-hybridized carbons (Fsp3) is 0.294. The second kappa shape index (κ2) is 4.98. The van der Waals surface area contributed by atoms with Gasteiger partial charge in [-0.25, -0.2) is 8.78 Å². The third-order valence-corrected chi connectivity index (χ3v) is 4.27. The molecule has 1 aliphatic carbocycles. The van der Waals surface area contributed by atoms with Gasteiger partial charge in [0.05, 0.1) is 0 Å². The third kappa shape index (κ3) is 2.02. The first-order chi connectivity index (χ1) is 9.59. The van der Waals surface area contributed by atoms with Crippen LogP contribution in [0.4, 0.5) is 8.78 Å². The lowest BCUT2D eigenvalue weighted by atomic mass is 9.87. The van der Waals surface area contributed by atoms with Gasteiger partial charge in [-0.05, 0) is 42.5 Å². The van der Waals surface area contributed by atoms with E-state index in [0.29, 0.717) is 5.56 Å². The zero-order valence-electron chi connectivity index (χ0n) is 11.4. The topological polar surface area (TPSA) is 26.0 Å². The van der Waals surface area contributed by atoms with Crippen LogP contribution in [0.5, 0.6) is 0 Å². The molecule has 2 atom stereocenters. The molecule has 20 heavy (non-hydrogen) atoms. The molecule has 0 saturated carbocycles. The quantitative estimate of drug-likeness (QED) is 0.879. The van der Waals surface area contributed by atoms with Crippen LogP contribution >= 0.6 is 0 Å². The van der Waals surface area contributed by atoms with Crippen LogP contribution in [0.3, 0.4) is 0 Å². The van der Waals surface area contributed by atoms with Crippen LogP contribution in [0.25, 0.3) is 0 Å². The monoisotopic (exact) mass is 273 g/mol. The maximum atomic E-state index is 14.2. The summed E-state index contributed by atoms with van der Waals surface area (Å²) in [6.07, 6.45) is 1.76. The molecule has 104 valence electrons. The van der Waals surface area contributed by atoms with Gasteiger partial charge in [0, 0.05) is 17.5 Å². The molecule has 2 unspecified atom stereocenters. The SMILES string of the molecule is Cc1ccc(F)c(C(N)C2CCc3ccccc32)c1F. The highest BCUT2D eigenvalue weighted by Crippen LogP contribution is 2.41. The lowest BCUT2D eigenvalue weighted by Crippen LogP contribution is -2.21. The van der Waals surface area contributed by atoms with E-state index in [2.05, 4.69) is 6.07 Å². The van der Waals surface area contributed by atoms with Crippen molar-refractivity contribution in [1.82, 2.24) is 0 Å². The molecule has 0 amide bonds. The molecule has 0 fully saturated rings. The Balaban J connectivity index is 2.03. The lowest BCUT2D eigenvalue weighted by molar-refractivity contribution is 0.475. The van der Waals surface area contributed by atoms with Gasteiger partial charge in [-0.3, -0.25) is 0 Å². The maximum absolute atomic E-state index is 14.2. The average Bonchev–Trinajstić information content (AvgIpc) is 2.87. The molecule has 3 heteroatoms. The number of aryl methyl sites for hydroxylation is 2. The van der Waals surface area contributed by atoms with E-state index in [1.807, 2.05) is 18.2 Å². The number of hydrogen-bond acceptors (Lipinski definition) is 1. The van der Waals surface area contributed by atoms with Crippen molar-refractivity contribution in [3.63, 3.8) is 0 Å². The van der Waals surface area contributed by atoms with Crippen molar-refractivity contribution < 1.29 is 8.78 Å². The lowest BCUT2D eigenvalue weighted by Gasteiger charge is -2.22. The van der Waals surface area contributed by atoms with Crippen molar-refractivity contribution in [1.29, 1.82) is 0 Å². The normalized spacial score (nSPS) is 18.9. The van der Waals surface area contributed by atoms with Gasteiger partial charge in [0.15, 0.2) is 0 Å². The molecule has 2 aromatic carbocycles. The van der Waals surface area contributed by atoms with Crippen LogP contribution in [0, 0.1) is 18.6 Å². The minimum Gasteiger partial charge on any atom is -0.323 e. The van der Waals surface area contributed by atoms with Gasteiger partial charge in [0.25, 0.3) is 0 Å². The van der Waals surface area contributed by atoms with E-state index in [0.717, 1.165) is 18.4 Å². The third-order valence-electron chi connectivity index (χ3n) is 4.27. The first-order valence-electron chi connectivity index (χ1n) is 6.87. The standard InChI is InChI=1S/C17H17F2N/c1-10-6-9-14(18)15(16(10)19)17(20)13-8-7-11-4-2-3-5-12(11)13/h2-6,9,13,17H,7-8,20H2,1H3. The Kier molecular flexibility index (Phi) is 3.30. The molecular weight excluding hydrogens is 256 g/mol. The summed E-state index contributed by atoms with van der Waals surface area (Å²) in [7, 11) is 0. The van der Waals surface area contributed by atoms with Crippen molar-refractivity contribution in [3.05, 3.63) is 70.3 Å². The molecule has 0 heterocycles. The molecule has 0 radical (unpaired) electrons. The van der Waals surface area contributed by atoms with E-state index in [9.17, 15) is 8.78 Å². The first kappa shape index (κ1) is 13.3. The van der Waals surface area contributed by atoms with Crippen LogP contribution in [-0.4, -0.2) is 0 Å². The average molecular weight is 273 g/mol. The number of halogens is 2. The van der Waals surface area contributed by atoms with Gasteiger partial charge < -0.3 is 5.73 Å². The maximum Gasteiger partial charge on any atom is 0.133 e. The number of rotatable bonds is 2. The van der Waals surface area contributed by atoms with Gasteiger partial charge in [-0.1, -0.05) is 30.3 Å². The van der Waals surface area contributed by atoms with Crippen LogP contribution in [0.2, 0.25) is 0 Å². The van der Waals surface area contributed by atoms with E-state index in [-0.39, 0.29) is 11.5 Å². The van der Waals surface area contributed by atoms with Gasteiger partial charge in [0.2, 0.25) is 0 Å². The zero-order chi connectivity index (χ0) is 14.3. The molecule has 2 N–H and O–H groups in total. The van der Waals surface area contributed by atoms with Crippen LogP contribution < -0.4 is 5.73 Å². The van der Waals surface area contributed by atoms with Crippen LogP contribution in [-0.2, 0) is 6.42 Å². The fourth-order valence-corrected chi connectivity index (χ4v) is 3.15. The Morgan fingerprint density at radius 3 is 2.70 bits per heavy atom. The van der Waals surface area contributed by atoms with Crippen LogP contribution in [0.15, 0.2) is 36.4 Å². The molecular formula is C17H17F2N. The Bertz CT molecular complexity index is 651. The summed E-state index contributed by atoms with van der Waals surface area (Å²) in [4.78, 5) is 0. The molecule has 2 aromatic rings. The highest BCUT2D eigenvalue weighted by molar-refractivity contribution is 5.39. The van der Waals surface area contributed by atoms with Crippen molar-refractivity contribution in [3.8, 4) is 0 Å². The Morgan fingerprint density at radius 1 is 1.15 bits per heavy atom. The minimum atomic E-state index is -0.640. The molecule has 0 aromatic heterocycles. The van der Waals surface area contributed by atoms with Crippen molar-refractivity contribution >= 4 is 0 Å². The van der Waals surface area contributed by atoms with E-state index < -0.39 is 17.7 Å². The molecule has 0 bridgehead atoms. The predicted octanol–water partition coefficient (Wildman–Crippen LogP) is 4.00. The van der Waals surface area contributed by atoms with Gasteiger partial charge >= 0.3 is 0 Å². The Hall–Kier alpha value is -1.74. The molecule has 0 saturated heterocycles. The minimum absolute atomic E-state index is 0.0167. The predicted molar refractivity (Wildman–Crippen MR) is 75.5 cm³/mol. The largest absolute Gasteiger partial charge is 0.323 e. The number of benzene rings is 2. The van der Waals surface area contributed by atoms with Gasteiger partial charge in [-0.15, -0.1) is 0 Å². The smallest absolute Gasteiger partial charge is 0.133 e. The fourth-order valence-electron chi connectivity index (χ4n) is 3.15. The number of nitrogens with two attached hydrogens (primary N) is 1. The number of hydrogen-bond donors (Lipinski definition) is 1. The second-order valence-corrected chi connectivity index (χ2v) is 5.46. The van der Waals surface area contributed by atoms with E-state index in [1.54, 1.807) is 6.92 Å². The summed E-state index contributed by atoms with van der Waals surface area (Å²) >= 11 is 0. The molecule has 3 rings (SSSR count). The van der Waals surface area contributed by atoms with Gasteiger partial charge in [0.1, 0.15) is 11.6 Å². The first-order valence-corrected chi connectivity index (χ1v) is 6.87. The summed E-state index contributed by atoms with van der Waals surface area (Å²) in [5.41, 5.74) is 9.02. The Labute approximate surface area is 117 Å².